The lowest BCUT2D eigenvalue weighted by Crippen LogP contribution is -2.30. The number of hydrogen-bond donors (Lipinski definition) is 0. The highest BCUT2D eigenvalue weighted by atomic mass is 16.6. The number of carbonyl (C=O) groups is 3. The van der Waals surface area contributed by atoms with Gasteiger partial charge >= 0.3 is 17.9 Å². The van der Waals surface area contributed by atoms with E-state index in [2.05, 4.69) is 32.9 Å². The zero-order valence-electron chi connectivity index (χ0n) is 49.7. The van der Waals surface area contributed by atoms with Crippen molar-refractivity contribution in [3.05, 3.63) is 12.2 Å². The standard InChI is InChI=1S/C67H128O6/c1-4-7-10-13-16-19-22-25-28-31-33-36-39-42-45-48-51-54-57-60-66(69)72-63-64(62-71-65(68)59-56-53-50-47-44-41-38-35-30-27-24-21-18-15-12-9-6-3)73-67(70)61-58-55-52-49-46-43-40-37-34-32-29-26-23-20-17-14-11-8-5-2/h25,28,64H,4-24,26-27,29-63H2,1-3H3/b28-25-. The van der Waals surface area contributed by atoms with Gasteiger partial charge in [-0.3, -0.25) is 14.4 Å². The fourth-order valence-electron chi connectivity index (χ4n) is 10.3. The lowest BCUT2D eigenvalue weighted by atomic mass is 10.0. The van der Waals surface area contributed by atoms with Crippen molar-refractivity contribution in [2.24, 2.45) is 0 Å². The van der Waals surface area contributed by atoms with E-state index in [0.717, 1.165) is 57.8 Å². The van der Waals surface area contributed by atoms with Crippen LogP contribution in [0.5, 0.6) is 0 Å². The van der Waals surface area contributed by atoms with Gasteiger partial charge in [0.2, 0.25) is 0 Å². The van der Waals surface area contributed by atoms with E-state index in [1.54, 1.807) is 0 Å². The Bertz CT molecular complexity index is 1130. The zero-order chi connectivity index (χ0) is 52.9. The number of rotatable bonds is 62. The smallest absolute Gasteiger partial charge is 0.306 e. The Balaban J connectivity index is 4.30. The van der Waals surface area contributed by atoms with Crippen molar-refractivity contribution in [2.75, 3.05) is 13.2 Å². The van der Waals surface area contributed by atoms with Crippen molar-refractivity contribution in [3.8, 4) is 0 Å². The normalized spacial score (nSPS) is 12.0. The molecule has 1 unspecified atom stereocenters. The van der Waals surface area contributed by atoms with Gasteiger partial charge in [0.1, 0.15) is 13.2 Å². The number of ether oxygens (including phenoxy) is 3. The van der Waals surface area contributed by atoms with Crippen LogP contribution in [0, 0.1) is 0 Å². The molecule has 432 valence electrons. The monoisotopic (exact) mass is 1030 g/mol. The van der Waals surface area contributed by atoms with Crippen LogP contribution in [-0.2, 0) is 28.6 Å². The minimum atomic E-state index is -0.766. The lowest BCUT2D eigenvalue weighted by molar-refractivity contribution is -0.167. The number of unbranched alkanes of at least 4 members (excludes halogenated alkanes) is 49. The summed E-state index contributed by atoms with van der Waals surface area (Å²) in [6, 6.07) is 0. The molecule has 0 bridgehead atoms. The van der Waals surface area contributed by atoms with Crippen LogP contribution in [-0.4, -0.2) is 37.2 Å². The van der Waals surface area contributed by atoms with Gasteiger partial charge in [-0.25, -0.2) is 0 Å². The van der Waals surface area contributed by atoms with E-state index in [1.165, 1.54) is 283 Å². The van der Waals surface area contributed by atoms with Crippen LogP contribution >= 0.6 is 0 Å². The molecule has 0 saturated heterocycles. The van der Waals surface area contributed by atoms with Gasteiger partial charge in [0, 0.05) is 19.3 Å². The van der Waals surface area contributed by atoms with Gasteiger partial charge in [-0.2, -0.15) is 0 Å². The minimum absolute atomic E-state index is 0.0635. The van der Waals surface area contributed by atoms with Crippen molar-refractivity contribution in [3.63, 3.8) is 0 Å². The highest BCUT2D eigenvalue weighted by molar-refractivity contribution is 5.71. The topological polar surface area (TPSA) is 78.9 Å². The van der Waals surface area contributed by atoms with E-state index in [-0.39, 0.29) is 31.1 Å². The van der Waals surface area contributed by atoms with Crippen molar-refractivity contribution >= 4 is 17.9 Å². The average molecular weight is 1030 g/mol. The first-order chi connectivity index (χ1) is 36.0. The molecule has 0 aliphatic rings. The largest absolute Gasteiger partial charge is 0.462 e. The number of allylic oxidation sites excluding steroid dienone is 2. The van der Waals surface area contributed by atoms with Crippen molar-refractivity contribution in [1.29, 1.82) is 0 Å². The maximum Gasteiger partial charge on any atom is 0.306 e. The summed E-state index contributed by atoms with van der Waals surface area (Å²) in [5.74, 6) is -0.832. The maximum absolute atomic E-state index is 12.9. The van der Waals surface area contributed by atoms with Gasteiger partial charge in [-0.05, 0) is 44.9 Å². The van der Waals surface area contributed by atoms with Crippen molar-refractivity contribution in [1.82, 2.24) is 0 Å². The summed E-state index contributed by atoms with van der Waals surface area (Å²) in [6.45, 7) is 6.72. The van der Waals surface area contributed by atoms with E-state index in [9.17, 15) is 14.4 Å². The molecule has 0 saturated carbocycles. The summed E-state index contributed by atoms with van der Waals surface area (Å²) >= 11 is 0. The number of esters is 3. The Morgan fingerprint density at radius 2 is 0.452 bits per heavy atom. The van der Waals surface area contributed by atoms with Gasteiger partial charge < -0.3 is 14.2 Å². The summed E-state index contributed by atoms with van der Waals surface area (Å²) in [5, 5.41) is 0. The molecule has 0 aromatic rings. The molecule has 6 nitrogen and oxygen atoms in total. The van der Waals surface area contributed by atoms with Crippen LogP contribution in [0.15, 0.2) is 12.2 Å². The van der Waals surface area contributed by atoms with E-state index in [4.69, 9.17) is 14.2 Å². The van der Waals surface area contributed by atoms with E-state index < -0.39 is 6.10 Å². The van der Waals surface area contributed by atoms with Crippen LogP contribution in [0.3, 0.4) is 0 Å². The maximum atomic E-state index is 12.9. The third-order valence-corrected chi connectivity index (χ3v) is 15.3. The second-order valence-corrected chi connectivity index (χ2v) is 22.7. The van der Waals surface area contributed by atoms with E-state index in [0.29, 0.717) is 19.3 Å². The molecular formula is C67H128O6. The molecule has 0 N–H and O–H groups in total. The van der Waals surface area contributed by atoms with Crippen molar-refractivity contribution < 1.29 is 28.6 Å². The summed E-state index contributed by atoms with van der Waals surface area (Å²) in [5.41, 5.74) is 0. The molecular weight excluding hydrogens is 901 g/mol. The molecule has 0 radical (unpaired) electrons. The average Bonchev–Trinajstić information content (AvgIpc) is 3.39. The van der Waals surface area contributed by atoms with Crippen LogP contribution in [0.25, 0.3) is 0 Å². The molecule has 73 heavy (non-hydrogen) atoms. The first-order valence-corrected chi connectivity index (χ1v) is 33.2. The fraction of sp³-hybridized carbons (Fsp3) is 0.925. The second-order valence-electron chi connectivity index (χ2n) is 22.7. The third kappa shape index (κ3) is 60.9. The van der Waals surface area contributed by atoms with E-state index >= 15 is 0 Å². The minimum Gasteiger partial charge on any atom is -0.462 e. The summed E-state index contributed by atoms with van der Waals surface area (Å²) < 4.78 is 17.0. The lowest BCUT2D eigenvalue weighted by Gasteiger charge is -2.18. The number of hydrogen-bond acceptors (Lipinski definition) is 6. The molecule has 0 amide bonds. The first kappa shape index (κ1) is 71.2. The van der Waals surface area contributed by atoms with Gasteiger partial charge in [0.15, 0.2) is 6.10 Å². The summed E-state index contributed by atoms with van der Waals surface area (Å²) in [7, 11) is 0. The Labute approximate surface area is 456 Å². The molecule has 0 aliphatic carbocycles. The molecule has 0 aliphatic heterocycles. The van der Waals surface area contributed by atoms with Gasteiger partial charge in [0.05, 0.1) is 0 Å². The Morgan fingerprint density at radius 3 is 0.685 bits per heavy atom. The fourth-order valence-corrected chi connectivity index (χ4v) is 10.3. The molecule has 0 heterocycles. The molecule has 0 fully saturated rings. The van der Waals surface area contributed by atoms with Gasteiger partial charge in [0.25, 0.3) is 0 Å². The highest BCUT2D eigenvalue weighted by Gasteiger charge is 2.19. The van der Waals surface area contributed by atoms with Crippen LogP contribution in [0.4, 0.5) is 0 Å². The predicted molar refractivity (Wildman–Crippen MR) is 317 cm³/mol. The van der Waals surface area contributed by atoms with Crippen LogP contribution in [0.1, 0.15) is 380 Å². The molecule has 6 heteroatoms. The number of carbonyl (C=O) groups excluding carboxylic acids is 3. The van der Waals surface area contributed by atoms with Crippen LogP contribution in [0.2, 0.25) is 0 Å². The third-order valence-electron chi connectivity index (χ3n) is 15.3. The highest BCUT2D eigenvalue weighted by Crippen LogP contribution is 2.18. The molecule has 1 atom stereocenters. The first-order valence-electron chi connectivity index (χ1n) is 33.2. The van der Waals surface area contributed by atoms with Gasteiger partial charge in [-0.1, -0.05) is 328 Å². The predicted octanol–water partition coefficient (Wildman–Crippen LogP) is 22.4. The second kappa shape index (κ2) is 62.7. The molecule has 0 spiro atoms. The quantitative estimate of drug-likeness (QED) is 0.0261. The summed E-state index contributed by atoms with van der Waals surface area (Å²) in [4.78, 5) is 38.4. The Hall–Kier alpha value is -1.85. The van der Waals surface area contributed by atoms with Crippen molar-refractivity contribution in [2.45, 2.75) is 386 Å². The molecule has 0 aromatic heterocycles. The van der Waals surface area contributed by atoms with Crippen LogP contribution < -0.4 is 0 Å². The Kier molecular flexibility index (Phi) is 61.1. The molecule has 0 rings (SSSR count). The molecule has 0 aromatic carbocycles. The summed E-state index contributed by atoms with van der Waals surface area (Å²) in [6.07, 6.45) is 73.6. The van der Waals surface area contributed by atoms with E-state index in [1.807, 2.05) is 0 Å². The SMILES string of the molecule is CCCCCCCC/C=C\CCCCCCCCCCCC(=O)OCC(COC(=O)CCCCCCCCCCCCCCCCCCC)OC(=O)CCCCCCCCCCCCCCCCCCCCC. The van der Waals surface area contributed by atoms with Gasteiger partial charge in [-0.15, -0.1) is 0 Å². The Morgan fingerprint density at radius 1 is 0.260 bits per heavy atom. The zero-order valence-corrected chi connectivity index (χ0v) is 49.7.